The van der Waals surface area contributed by atoms with Gasteiger partial charge in [0.1, 0.15) is 5.69 Å². The van der Waals surface area contributed by atoms with E-state index in [0.29, 0.717) is 0 Å². The number of ether oxygens (including phenoxy) is 1. The zero-order valence-corrected chi connectivity index (χ0v) is 13.0. The van der Waals surface area contributed by atoms with E-state index in [9.17, 15) is 0 Å². The van der Waals surface area contributed by atoms with Crippen molar-refractivity contribution in [3.8, 4) is 11.3 Å². The van der Waals surface area contributed by atoms with Gasteiger partial charge >= 0.3 is 0 Å². The number of rotatable bonds is 3. The van der Waals surface area contributed by atoms with E-state index in [1.807, 2.05) is 12.1 Å². The number of fused-ring (bicyclic) bond motifs is 1. The number of nitrogens with two attached hydrogens (primary N) is 1. The van der Waals surface area contributed by atoms with Crippen molar-refractivity contribution in [1.29, 1.82) is 0 Å². The monoisotopic (exact) mass is 308 g/mol. The van der Waals surface area contributed by atoms with Crippen LogP contribution in [0.2, 0.25) is 0 Å². The third kappa shape index (κ3) is 2.69. The number of aromatic nitrogens is 2. The molecule has 0 amide bonds. The molecule has 2 aromatic carbocycles. The first-order valence-corrected chi connectivity index (χ1v) is 7.94. The van der Waals surface area contributed by atoms with E-state index in [0.717, 1.165) is 60.7 Å². The summed E-state index contributed by atoms with van der Waals surface area (Å²) < 4.78 is 5.44. The number of para-hydroxylation sites is 1. The summed E-state index contributed by atoms with van der Waals surface area (Å²) in [7, 11) is 0. The molecule has 2 heterocycles. The molecular weight excluding hydrogens is 288 g/mol. The van der Waals surface area contributed by atoms with Gasteiger partial charge in [0.25, 0.3) is 0 Å². The first kappa shape index (κ1) is 14.2. The molecule has 1 aromatic heterocycles. The average Bonchev–Trinajstić information content (AvgIpc) is 3.02. The predicted molar refractivity (Wildman–Crippen MR) is 92.0 cm³/mol. The summed E-state index contributed by atoms with van der Waals surface area (Å²) in [6.45, 7) is 4.48. The van der Waals surface area contributed by atoms with E-state index in [-0.39, 0.29) is 0 Å². The highest BCUT2D eigenvalue weighted by atomic mass is 16.5. The number of hydrogen-bond donors (Lipinski definition) is 2. The van der Waals surface area contributed by atoms with Crippen LogP contribution in [0.15, 0.2) is 42.5 Å². The van der Waals surface area contributed by atoms with Crippen LogP contribution in [-0.4, -0.2) is 41.4 Å². The average molecular weight is 308 g/mol. The smallest absolute Gasteiger partial charge is 0.100 e. The molecule has 1 aliphatic heterocycles. The van der Waals surface area contributed by atoms with Gasteiger partial charge in [0.2, 0.25) is 0 Å². The highest BCUT2D eigenvalue weighted by molar-refractivity contribution is 5.99. The molecule has 0 bridgehead atoms. The standard InChI is InChI=1S/C18H20N4O/c19-16-7-3-6-15-17(20-21-18(15)16)14-5-2-1-4-13(14)12-22-8-10-23-11-9-22/h1-7H,8-12,19H2,(H,20,21). The lowest BCUT2D eigenvalue weighted by atomic mass is 10.0. The maximum absolute atomic E-state index is 6.04. The molecule has 0 spiro atoms. The van der Waals surface area contributed by atoms with Gasteiger partial charge in [0, 0.05) is 30.6 Å². The minimum atomic E-state index is 0.729. The van der Waals surface area contributed by atoms with E-state index >= 15 is 0 Å². The van der Waals surface area contributed by atoms with Gasteiger partial charge in [-0.25, -0.2) is 0 Å². The van der Waals surface area contributed by atoms with Gasteiger partial charge in [-0.1, -0.05) is 36.4 Å². The summed E-state index contributed by atoms with van der Waals surface area (Å²) in [6, 6.07) is 14.4. The number of nitrogens with zero attached hydrogens (tertiary/aromatic N) is 2. The molecular formula is C18H20N4O. The lowest BCUT2D eigenvalue weighted by molar-refractivity contribution is 0.0342. The number of H-pyrrole nitrogens is 1. The summed E-state index contributed by atoms with van der Waals surface area (Å²) in [6.07, 6.45) is 0. The first-order valence-electron chi connectivity index (χ1n) is 7.94. The third-order valence-electron chi connectivity index (χ3n) is 4.40. The SMILES string of the molecule is Nc1cccc2c(-c3ccccc3CN3CCOCC3)n[nH]c12. The van der Waals surface area contributed by atoms with Crippen LogP contribution in [0.25, 0.3) is 22.2 Å². The van der Waals surface area contributed by atoms with Crippen molar-refractivity contribution < 1.29 is 4.74 Å². The molecule has 118 valence electrons. The second-order valence-electron chi connectivity index (χ2n) is 5.89. The number of morpholine rings is 1. The molecule has 0 radical (unpaired) electrons. The van der Waals surface area contributed by atoms with Crippen molar-refractivity contribution in [2.45, 2.75) is 6.54 Å². The van der Waals surface area contributed by atoms with Gasteiger partial charge in [-0.2, -0.15) is 5.10 Å². The lowest BCUT2D eigenvalue weighted by Gasteiger charge is -2.27. The molecule has 3 N–H and O–H groups in total. The van der Waals surface area contributed by atoms with Crippen molar-refractivity contribution in [3.63, 3.8) is 0 Å². The molecule has 1 fully saturated rings. The fourth-order valence-corrected chi connectivity index (χ4v) is 3.16. The molecule has 4 rings (SSSR count). The van der Waals surface area contributed by atoms with Crippen molar-refractivity contribution in [1.82, 2.24) is 15.1 Å². The Hall–Kier alpha value is -2.37. The zero-order chi connectivity index (χ0) is 15.6. The maximum atomic E-state index is 6.04. The van der Waals surface area contributed by atoms with Gasteiger partial charge in [-0.15, -0.1) is 0 Å². The van der Waals surface area contributed by atoms with Gasteiger partial charge < -0.3 is 10.5 Å². The van der Waals surface area contributed by atoms with Gasteiger partial charge in [-0.3, -0.25) is 10.00 Å². The Morgan fingerprint density at radius 1 is 1.09 bits per heavy atom. The van der Waals surface area contributed by atoms with E-state index < -0.39 is 0 Å². The first-order chi connectivity index (χ1) is 11.3. The van der Waals surface area contributed by atoms with Crippen LogP contribution in [0.4, 0.5) is 5.69 Å². The Labute approximate surface area is 135 Å². The van der Waals surface area contributed by atoms with Crippen molar-refractivity contribution >= 4 is 16.6 Å². The van der Waals surface area contributed by atoms with E-state index in [1.54, 1.807) is 0 Å². The summed E-state index contributed by atoms with van der Waals surface area (Å²) in [5.74, 6) is 0. The number of aromatic amines is 1. The molecule has 0 saturated carbocycles. The normalized spacial score (nSPS) is 16.0. The summed E-state index contributed by atoms with van der Waals surface area (Å²) in [5.41, 5.74) is 11.1. The van der Waals surface area contributed by atoms with Crippen LogP contribution in [0.1, 0.15) is 5.56 Å². The van der Waals surface area contributed by atoms with Crippen LogP contribution < -0.4 is 5.73 Å². The molecule has 1 saturated heterocycles. The Kier molecular flexibility index (Phi) is 3.73. The van der Waals surface area contributed by atoms with Crippen LogP contribution in [0.3, 0.4) is 0 Å². The van der Waals surface area contributed by atoms with Crippen LogP contribution in [0, 0.1) is 0 Å². The minimum absolute atomic E-state index is 0.729. The number of nitrogens with one attached hydrogen (secondary N) is 1. The number of hydrogen-bond acceptors (Lipinski definition) is 4. The summed E-state index contributed by atoms with van der Waals surface area (Å²) >= 11 is 0. The second kappa shape index (κ2) is 6.02. The minimum Gasteiger partial charge on any atom is -0.397 e. The van der Waals surface area contributed by atoms with Crippen LogP contribution in [0.5, 0.6) is 0 Å². The maximum Gasteiger partial charge on any atom is 0.100 e. The Bertz CT molecular complexity index is 821. The Balaban J connectivity index is 1.74. The molecule has 5 nitrogen and oxygen atoms in total. The summed E-state index contributed by atoms with van der Waals surface area (Å²) in [5, 5.41) is 8.68. The molecule has 0 atom stereocenters. The zero-order valence-electron chi connectivity index (χ0n) is 13.0. The van der Waals surface area contributed by atoms with E-state index in [4.69, 9.17) is 10.5 Å². The van der Waals surface area contributed by atoms with Crippen LogP contribution in [-0.2, 0) is 11.3 Å². The molecule has 3 aromatic rings. The molecule has 23 heavy (non-hydrogen) atoms. The van der Waals surface area contributed by atoms with E-state index in [2.05, 4.69) is 45.4 Å². The Morgan fingerprint density at radius 2 is 1.91 bits per heavy atom. The molecule has 1 aliphatic rings. The lowest BCUT2D eigenvalue weighted by Crippen LogP contribution is -2.35. The van der Waals surface area contributed by atoms with Gasteiger partial charge in [0.05, 0.1) is 24.4 Å². The number of anilines is 1. The number of nitrogen functional groups attached to an aromatic ring is 1. The topological polar surface area (TPSA) is 67.2 Å². The van der Waals surface area contributed by atoms with Crippen molar-refractivity contribution in [3.05, 3.63) is 48.0 Å². The number of benzene rings is 2. The largest absolute Gasteiger partial charge is 0.397 e. The van der Waals surface area contributed by atoms with Gasteiger partial charge in [-0.05, 0) is 11.6 Å². The summed E-state index contributed by atoms with van der Waals surface area (Å²) in [4.78, 5) is 2.42. The highest BCUT2D eigenvalue weighted by Gasteiger charge is 2.16. The van der Waals surface area contributed by atoms with Gasteiger partial charge in [0.15, 0.2) is 0 Å². The van der Waals surface area contributed by atoms with Crippen molar-refractivity contribution in [2.75, 3.05) is 32.0 Å². The second-order valence-corrected chi connectivity index (χ2v) is 5.89. The molecule has 5 heteroatoms. The molecule has 0 unspecified atom stereocenters. The molecule has 0 aliphatic carbocycles. The highest BCUT2D eigenvalue weighted by Crippen LogP contribution is 2.31. The van der Waals surface area contributed by atoms with Crippen LogP contribution >= 0.6 is 0 Å². The van der Waals surface area contributed by atoms with E-state index in [1.165, 1.54) is 5.56 Å². The fourth-order valence-electron chi connectivity index (χ4n) is 3.16. The Morgan fingerprint density at radius 3 is 2.78 bits per heavy atom. The fraction of sp³-hybridized carbons (Fsp3) is 0.278. The predicted octanol–water partition coefficient (Wildman–Crippen LogP) is 2.64. The quantitative estimate of drug-likeness (QED) is 0.730. The third-order valence-corrected chi connectivity index (χ3v) is 4.40. The van der Waals surface area contributed by atoms with Crippen molar-refractivity contribution in [2.24, 2.45) is 0 Å².